The number of esters is 4. The molecule has 0 unspecified atom stereocenters. The van der Waals surface area contributed by atoms with Crippen LogP contribution >= 0.6 is 0 Å². The van der Waals surface area contributed by atoms with Gasteiger partial charge >= 0.3 is 30.0 Å². The third-order valence-electron chi connectivity index (χ3n) is 8.81. The second-order valence-electron chi connectivity index (χ2n) is 12.7. The van der Waals surface area contributed by atoms with Gasteiger partial charge in [0.1, 0.15) is 19.3 Å². The number of carbonyl (C=O) groups excluding carboxylic acids is 5. The topological polar surface area (TPSA) is 188 Å². The van der Waals surface area contributed by atoms with E-state index in [0.29, 0.717) is 0 Å². The van der Waals surface area contributed by atoms with Crippen LogP contribution in [-0.4, -0.2) is 86.0 Å². The maximum absolute atomic E-state index is 14.6. The summed E-state index contributed by atoms with van der Waals surface area (Å²) in [5.74, 6) is -19.2. The molecule has 0 radical (unpaired) electrons. The van der Waals surface area contributed by atoms with E-state index in [-0.39, 0.29) is 6.61 Å². The Labute approximate surface area is 315 Å². The van der Waals surface area contributed by atoms with Gasteiger partial charge in [0.05, 0.1) is 12.1 Å². The molecule has 14 nitrogen and oxygen atoms in total. The van der Waals surface area contributed by atoms with Crippen LogP contribution in [-0.2, 0) is 47.6 Å². The number of halogens is 5. The Balaban J connectivity index is 1.42. The first kappa shape index (κ1) is 41.5. The highest BCUT2D eigenvalue weighted by Gasteiger charge is 2.50. The van der Waals surface area contributed by atoms with E-state index in [2.05, 4.69) is 10.1 Å². The molecule has 0 saturated carbocycles. The van der Waals surface area contributed by atoms with Gasteiger partial charge in [-0.1, -0.05) is 48.5 Å². The summed E-state index contributed by atoms with van der Waals surface area (Å²) in [7, 11) is 0. The minimum atomic E-state index is -2.52. The van der Waals surface area contributed by atoms with Crippen molar-refractivity contribution in [3.8, 4) is 16.9 Å². The Morgan fingerprint density at radius 3 is 1.79 bits per heavy atom. The van der Waals surface area contributed by atoms with Crippen LogP contribution in [0.4, 0.5) is 26.7 Å². The standard InChI is InChI=1S/C37H35F5N2O12/c1-15(52-36-30(43)34(54-18(4)47)32(53-17(3)46)24(55-36)14-50-16(2)45)31(35(48)56-33-28(41)26(39)25(38)27(40)29(33)42)44-37(49)51-13-23-21-11-7-5-9-19(21)20-10-6-8-12-22(20)23/h5-12,15,23-24,30-32,34,36H,13-14,43H2,1-4H3,(H,44,49)/t15-,24-,30-,31+,32-,34-,36-/m1/s1. The summed E-state index contributed by atoms with van der Waals surface area (Å²) < 4.78 is 108. The number of ether oxygens (including phenoxy) is 7. The molecule has 1 fully saturated rings. The van der Waals surface area contributed by atoms with Crippen LogP contribution in [0.3, 0.4) is 0 Å². The van der Waals surface area contributed by atoms with Crippen molar-refractivity contribution in [2.45, 2.75) is 76.4 Å². The quantitative estimate of drug-likeness (QED) is 0.0668. The molecule has 2 aliphatic rings. The molecule has 5 rings (SSSR count). The fraction of sp³-hybridized carbons (Fsp3) is 0.378. The van der Waals surface area contributed by atoms with Crippen molar-refractivity contribution in [3.63, 3.8) is 0 Å². The lowest BCUT2D eigenvalue weighted by Crippen LogP contribution is -2.66. The molecule has 1 aliphatic heterocycles. The smallest absolute Gasteiger partial charge is 0.407 e. The molecule has 3 N–H and O–H groups in total. The monoisotopic (exact) mass is 794 g/mol. The number of nitrogens with one attached hydrogen (secondary N) is 1. The number of hydrogen-bond acceptors (Lipinski definition) is 13. The summed E-state index contributed by atoms with van der Waals surface area (Å²) in [6, 6.07) is 11.0. The van der Waals surface area contributed by atoms with Crippen molar-refractivity contribution in [1.82, 2.24) is 5.32 Å². The van der Waals surface area contributed by atoms with E-state index < -0.39 is 120 Å². The van der Waals surface area contributed by atoms with Gasteiger partial charge in [-0.05, 0) is 29.2 Å². The molecular formula is C37H35F5N2O12. The van der Waals surface area contributed by atoms with E-state index in [1.807, 2.05) is 36.4 Å². The lowest BCUT2D eigenvalue weighted by Gasteiger charge is -2.44. The van der Waals surface area contributed by atoms with E-state index in [9.17, 15) is 45.9 Å². The second kappa shape index (κ2) is 17.4. The average Bonchev–Trinajstić information content (AvgIpc) is 3.47. The zero-order valence-electron chi connectivity index (χ0n) is 30.0. The Bertz CT molecular complexity index is 1940. The van der Waals surface area contributed by atoms with Crippen LogP contribution in [0.25, 0.3) is 11.1 Å². The van der Waals surface area contributed by atoms with Crippen LogP contribution in [0.1, 0.15) is 44.7 Å². The maximum atomic E-state index is 14.6. The summed E-state index contributed by atoms with van der Waals surface area (Å²) >= 11 is 0. The third-order valence-corrected chi connectivity index (χ3v) is 8.81. The lowest BCUT2D eigenvalue weighted by molar-refractivity contribution is -0.284. The van der Waals surface area contributed by atoms with Crippen molar-refractivity contribution in [1.29, 1.82) is 0 Å². The number of benzene rings is 3. The first-order valence-electron chi connectivity index (χ1n) is 16.9. The van der Waals surface area contributed by atoms with Gasteiger partial charge in [0.2, 0.25) is 34.8 Å². The number of fused-ring (bicyclic) bond motifs is 3. The van der Waals surface area contributed by atoms with E-state index in [1.54, 1.807) is 12.1 Å². The molecule has 0 bridgehead atoms. The average molecular weight is 795 g/mol. The Kier molecular flexibility index (Phi) is 12.9. The summed E-state index contributed by atoms with van der Waals surface area (Å²) in [4.78, 5) is 62.5. The fourth-order valence-electron chi connectivity index (χ4n) is 6.32. The number of carbonyl (C=O) groups is 5. The molecule has 1 aliphatic carbocycles. The van der Waals surface area contributed by atoms with Gasteiger partial charge in [-0.15, -0.1) is 0 Å². The van der Waals surface area contributed by atoms with Crippen molar-refractivity contribution < 1.29 is 79.1 Å². The largest absolute Gasteiger partial charge is 0.463 e. The molecular weight excluding hydrogens is 759 g/mol. The summed E-state index contributed by atoms with van der Waals surface area (Å²) in [5.41, 5.74) is 9.74. The number of alkyl carbamates (subject to hydrolysis) is 1. The minimum absolute atomic E-state index is 0.287. The fourth-order valence-corrected chi connectivity index (χ4v) is 6.32. The highest BCUT2D eigenvalue weighted by molar-refractivity contribution is 5.84. The van der Waals surface area contributed by atoms with Gasteiger partial charge in [0.25, 0.3) is 0 Å². The van der Waals surface area contributed by atoms with E-state index in [0.717, 1.165) is 49.9 Å². The van der Waals surface area contributed by atoms with Crippen molar-refractivity contribution in [2.75, 3.05) is 13.2 Å². The van der Waals surface area contributed by atoms with E-state index in [4.69, 9.17) is 34.2 Å². The molecule has 1 saturated heterocycles. The molecule has 0 spiro atoms. The first-order chi connectivity index (χ1) is 26.5. The number of amides is 1. The highest BCUT2D eigenvalue weighted by Crippen LogP contribution is 2.44. The molecule has 0 aromatic heterocycles. The summed E-state index contributed by atoms with van der Waals surface area (Å²) in [6.45, 7) is 3.31. The van der Waals surface area contributed by atoms with Crippen molar-refractivity contribution in [3.05, 3.63) is 88.7 Å². The number of hydrogen-bond donors (Lipinski definition) is 2. The molecule has 7 atom stereocenters. The maximum Gasteiger partial charge on any atom is 0.407 e. The molecule has 3 aromatic carbocycles. The molecule has 19 heteroatoms. The van der Waals surface area contributed by atoms with Gasteiger partial charge in [0, 0.05) is 26.7 Å². The van der Waals surface area contributed by atoms with Gasteiger partial charge in [-0.2, -0.15) is 8.78 Å². The van der Waals surface area contributed by atoms with E-state index >= 15 is 0 Å². The van der Waals surface area contributed by atoms with Crippen molar-refractivity contribution in [2.24, 2.45) is 5.73 Å². The zero-order chi connectivity index (χ0) is 41.0. The zero-order valence-corrected chi connectivity index (χ0v) is 30.0. The second-order valence-corrected chi connectivity index (χ2v) is 12.7. The van der Waals surface area contributed by atoms with Crippen LogP contribution in [0.15, 0.2) is 48.5 Å². The SMILES string of the molecule is CC(=O)OC[C@H]1O[C@@H](O[C@H](C)[C@H](NC(=O)OCC2c3ccccc3-c3ccccc32)C(=O)Oc2c(F)c(F)c(F)c(F)c2F)[C@H](N)[C@@H](OC(C)=O)[C@@H]1OC(C)=O. The van der Waals surface area contributed by atoms with Crippen molar-refractivity contribution >= 4 is 30.0 Å². The Morgan fingerprint density at radius 2 is 1.25 bits per heavy atom. The predicted molar refractivity (Wildman–Crippen MR) is 179 cm³/mol. The summed E-state index contributed by atoms with van der Waals surface area (Å²) in [6.07, 6.45) is -9.20. The minimum Gasteiger partial charge on any atom is -0.463 e. The molecule has 56 heavy (non-hydrogen) atoms. The molecule has 1 amide bonds. The van der Waals surface area contributed by atoms with Gasteiger partial charge < -0.3 is 44.2 Å². The molecule has 1 heterocycles. The van der Waals surface area contributed by atoms with Crippen LogP contribution in [0.2, 0.25) is 0 Å². The Hall–Kier alpha value is -5.66. The van der Waals surface area contributed by atoms with Gasteiger partial charge in [0.15, 0.2) is 24.5 Å². The first-order valence-corrected chi connectivity index (χ1v) is 16.9. The molecule has 3 aromatic rings. The number of rotatable bonds is 12. The predicted octanol–water partition coefficient (Wildman–Crippen LogP) is 4.08. The van der Waals surface area contributed by atoms with Crippen LogP contribution < -0.4 is 15.8 Å². The van der Waals surface area contributed by atoms with Crippen LogP contribution in [0.5, 0.6) is 5.75 Å². The highest BCUT2D eigenvalue weighted by atomic mass is 19.2. The third kappa shape index (κ3) is 8.90. The van der Waals surface area contributed by atoms with Gasteiger partial charge in [-0.25, -0.2) is 22.8 Å². The van der Waals surface area contributed by atoms with Gasteiger partial charge in [-0.3, -0.25) is 14.4 Å². The van der Waals surface area contributed by atoms with Crippen LogP contribution in [0, 0.1) is 29.1 Å². The van der Waals surface area contributed by atoms with E-state index in [1.165, 1.54) is 0 Å². The number of nitrogens with two attached hydrogens (primary N) is 1. The molecule has 300 valence electrons. The summed E-state index contributed by atoms with van der Waals surface area (Å²) in [5, 5.41) is 2.13. The Morgan fingerprint density at radius 1 is 0.732 bits per heavy atom. The lowest BCUT2D eigenvalue weighted by atomic mass is 9.96. The normalized spacial score (nSPS) is 21.1.